The first-order valence-corrected chi connectivity index (χ1v) is 13.6. The first kappa shape index (κ1) is 24.8. The molecular formula is C29H35N7O2. The molecule has 6 rings (SSSR count). The van der Waals surface area contributed by atoms with E-state index in [4.69, 9.17) is 9.72 Å². The lowest BCUT2D eigenvalue weighted by Crippen LogP contribution is -2.45. The average molecular weight is 514 g/mol. The van der Waals surface area contributed by atoms with Gasteiger partial charge >= 0.3 is 0 Å². The quantitative estimate of drug-likeness (QED) is 0.526. The average Bonchev–Trinajstić information content (AvgIpc) is 3.35. The number of fused-ring (bicyclic) bond motifs is 3. The fourth-order valence-corrected chi connectivity index (χ4v) is 5.62. The fraction of sp³-hybridized carbons (Fsp3) is 0.448. The van der Waals surface area contributed by atoms with Gasteiger partial charge in [0.15, 0.2) is 0 Å². The van der Waals surface area contributed by atoms with Crippen molar-refractivity contribution in [3.05, 3.63) is 54.1 Å². The second kappa shape index (κ2) is 9.96. The molecule has 0 spiro atoms. The SMILES string of the molecule is CCN1CCN(Cc2cncc(Nc3ncc4c(n3)C(C)(C)Oc3cc(N5CCCC5=O)ccc3-4)c2)CC1. The van der Waals surface area contributed by atoms with Gasteiger partial charge in [-0.25, -0.2) is 9.97 Å². The number of carbonyl (C=O) groups excluding carboxylic acids is 1. The Morgan fingerprint density at radius 1 is 1.00 bits per heavy atom. The van der Waals surface area contributed by atoms with Crippen LogP contribution in [0.2, 0.25) is 0 Å². The number of carbonyl (C=O) groups is 1. The third-order valence-electron chi connectivity index (χ3n) is 7.73. The van der Waals surface area contributed by atoms with Crippen LogP contribution in [0.25, 0.3) is 11.1 Å². The molecule has 0 saturated carbocycles. The van der Waals surface area contributed by atoms with Gasteiger partial charge in [0.05, 0.1) is 17.6 Å². The van der Waals surface area contributed by atoms with Crippen LogP contribution in [0.5, 0.6) is 5.75 Å². The number of pyridine rings is 1. The maximum Gasteiger partial charge on any atom is 0.227 e. The zero-order valence-corrected chi connectivity index (χ0v) is 22.4. The first-order valence-electron chi connectivity index (χ1n) is 13.6. The van der Waals surface area contributed by atoms with Gasteiger partial charge in [0.25, 0.3) is 0 Å². The van der Waals surface area contributed by atoms with E-state index in [1.807, 2.05) is 49.3 Å². The minimum atomic E-state index is -0.657. The summed E-state index contributed by atoms with van der Waals surface area (Å²) in [7, 11) is 0. The molecule has 1 amide bonds. The molecule has 38 heavy (non-hydrogen) atoms. The highest BCUT2D eigenvalue weighted by Crippen LogP contribution is 2.46. The number of nitrogens with zero attached hydrogens (tertiary/aromatic N) is 6. The van der Waals surface area contributed by atoms with Crippen LogP contribution in [0.3, 0.4) is 0 Å². The number of amides is 1. The molecule has 2 fully saturated rings. The number of hydrogen-bond acceptors (Lipinski definition) is 8. The highest BCUT2D eigenvalue weighted by atomic mass is 16.5. The molecule has 0 atom stereocenters. The second-order valence-corrected chi connectivity index (χ2v) is 10.8. The number of ether oxygens (including phenoxy) is 1. The van der Waals surface area contributed by atoms with Crippen LogP contribution in [0.4, 0.5) is 17.3 Å². The molecule has 3 aliphatic rings. The Balaban J connectivity index is 1.21. The standard InChI is InChI=1S/C29H35N7O2/c1-4-34-10-12-35(13-11-34)19-20-14-21(17-30-16-20)32-28-31-18-24-23-8-7-22(36-9-5-6-26(36)37)15-25(23)38-29(2,3)27(24)33-28/h7-8,14-18H,4-6,9-13,19H2,1-3H3,(H,31,32,33). The normalized spacial score (nSPS) is 19.1. The topological polar surface area (TPSA) is 86.7 Å². The molecular weight excluding hydrogens is 478 g/mol. The predicted octanol–water partition coefficient (Wildman–Crippen LogP) is 4.17. The van der Waals surface area contributed by atoms with E-state index >= 15 is 0 Å². The molecule has 9 heteroatoms. The molecule has 3 aromatic rings. The number of aromatic nitrogens is 3. The van der Waals surface area contributed by atoms with Gasteiger partial charge in [-0.3, -0.25) is 14.7 Å². The number of hydrogen-bond donors (Lipinski definition) is 1. The van der Waals surface area contributed by atoms with Crippen molar-refractivity contribution in [2.24, 2.45) is 0 Å². The summed E-state index contributed by atoms with van der Waals surface area (Å²) >= 11 is 0. The molecule has 1 N–H and O–H groups in total. The third-order valence-corrected chi connectivity index (χ3v) is 7.73. The molecule has 0 unspecified atom stereocenters. The number of nitrogens with one attached hydrogen (secondary N) is 1. The monoisotopic (exact) mass is 513 g/mol. The number of rotatable bonds is 6. The predicted molar refractivity (Wildman–Crippen MR) is 148 cm³/mol. The minimum Gasteiger partial charge on any atom is -0.481 e. The lowest BCUT2D eigenvalue weighted by Gasteiger charge is -2.34. The smallest absolute Gasteiger partial charge is 0.227 e. The molecule has 2 saturated heterocycles. The van der Waals surface area contributed by atoms with E-state index in [1.165, 1.54) is 5.56 Å². The minimum absolute atomic E-state index is 0.164. The summed E-state index contributed by atoms with van der Waals surface area (Å²) in [5.74, 6) is 1.43. The van der Waals surface area contributed by atoms with Crippen LogP contribution < -0.4 is 15.0 Å². The van der Waals surface area contributed by atoms with Crippen molar-refractivity contribution >= 4 is 23.2 Å². The summed E-state index contributed by atoms with van der Waals surface area (Å²) in [6.07, 6.45) is 7.09. The van der Waals surface area contributed by atoms with Crippen molar-refractivity contribution in [2.45, 2.75) is 45.8 Å². The Hall–Kier alpha value is -3.56. The fourth-order valence-electron chi connectivity index (χ4n) is 5.62. The van der Waals surface area contributed by atoms with Crippen molar-refractivity contribution in [1.82, 2.24) is 24.8 Å². The van der Waals surface area contributed by atoms with Gasteiger partial charge in [-0.1, -0.05) is 6.92 Å². The van der Waals surface area contributed by atoms with E-state index in [0.29, 0.717) is 12.4 Å². The lowest BCUT2D eigenvalue weighted by molar-refractivity contribution is -0.117. The van der Waals surface area contributed by atoms with Crippen LogP contribution in [0.1, 0.15) is 44.9 Å². The molecule has 2 aromatic heterocycles. The van der Waals surface area contributed by atoms with E-state index < -0.39 is 5.60 Å². The van der Waals surface area contributed by atoms with E-state index in [9.17, 15) is 4.79 Å². The molecule has 1 aromatic carbocycles. The van der Waals surface area contributed by atoms with Gasteiger partial charge in [-0.05, 0) is 50.6 Å². The molecule has 9 nitrogen and oxygen atoms in total. The summed E-state index contributed by atoms with van der Waals surface area (Å²) < 4.78 is 6.43. The van der Waals surface area contributed by atoms with E-state index in [-0.39, 0.29) is 5.91 Å². The molecule has 0 radical (unpaired) electrons. The number of anilines is 3. The summed E-state index contributed by atoms with van der Waals surface area (Å²) in [5, 5.41) is 3.35. The molecule has 0 bridgehead atoms. The molecule has 198 valence electrons. The van der Waals surface area contributed by atoms with Crippen molar-refractivity contribution < 1.29 is 9.53 Å². The zero-order chi connectivity index (χ0) is 26.3. The maximum atomic E-state index is 12.2. The first-order chi connectivity index (χ1) is 18.4. The van der Waals surface area contributed by atoms with Crippen molar-refractivity contribution in [3.63, 3.8) is 0 Å². The summed E-state index contributed by atoms with van der Waals surface area (Å²) in [5.41, 5.74) is 4.96. The van der Waals surface area contributed by atoms with Gasteiger partial charge in [0.2, 0.25) is 11.9 Å². The van der Waals surface area contributed by atoms with E-state index in [0.717, 1.165) is 86.2 Å². The van der Waals surface area contributed by atoms with Crippen molar-refractivity contribution in [1.29, 1.82) is 0 Å². The van der Waals surface area contributed by atoms with Gasteiger partial charge in [0, 0.05) is 81.0 Å². The largest absolute Gasteiger partial charge is 0.481 e. The lowest BCUT2D eigenvalue weighted by atomic mass is 9.91. The van der Waals surface area contributed by atoms with E-state index in [2.05, 4.69) is 38.1 Å². The Morgan fingerprint density at radius 3 is 2.58 bits per heavy atom. The third kappa shape index (κ3) is 4.83. The summed E-state index contributed by atoms with van der Waals surface area (Å²) in [6, 6.07) is 8.09. The highest BCUT2D eigenvalue weighted by molar-refractivity contribution is 5.96. The van der Waals surface area contributed by atoms with Gasteiger partial charge in [-0.2, -0.15) is 0 Å². The number of likely N-dealkylation sites (N-methyl/N-ethyl adjacent to an activating group) is 1. The van der Waals surface area contributed by atoms with Gasteiger partial charge in [0.1, 0.15) is 11.4 Å². The van der Waals surface area contributed by atoms with E-state index in [1.54, 1.807) is 6.20 Å². The maximum absolute atomic E-state index is 12.2. The Labute approximate surface area is 223 Å². The molecule has 5 heterocycles. The van der Waals surface area contributed by atoms with Crippen LogP contribution >= 0.6 is 0 Å². The Bertz CT molecular complexity index is 1350. The Morgan fingerprint density at radius 2 is 1.82 bits per heavy atom. The van der Waals surface area contributed by atoms with Crippen LogP contribution in [-0.2, 0) is 16.9 Å². The number of benzene rings is 1. The number of piperazine rings is 1. The van der Waals surface area contributed by atoms with Gasteiger partial charge in [-0.15, -0.1) is 0 Å². The van der Waals surface area contributed by atoms with Crippen LogP contribution in [0.15, 0.2) is 42.9 Å². The second-order valence-electron chi connectivity index (χ2n) is 10.8. The highest BCUT2D eigenvalue weighted by Gasteiger charge is 2.36. The van der Waals surface area contributed by atoms with Crippen LogP contribution in [-0.4, -0.2) is 69.9 Å². The Kier molecular flexibility index (Phi) is 6.49. The van der Waals surface area contributed by atoms with Gasteiger partial charge < -0.3 is 19.9 Å². The molecule has 0 aliphatic carbocycles. The molecule has 3 aliphatic heterocycles. The summed E-state index contributed by atoms with van der Waals surface area (Å²) in [4.78, 5) is 33.0. The van der Waals surface area contributed by atoms with Crippen molar-refractivity contribution in [3.8, 4) is 16.9 Å². The van der Waals surface area contributed by atoms with Crippen LogP contribution in [0, 0.1) is 0 Å². The van der Waals surface area contributed by atoms with Crippen molar-refractivity contribution in [2.75, 3.05) is 49.5 Å². The summed E-state index contributed by atoms with van der Waals surface area (Å²) in [6.45, 7) is 13.4. The zero-order valence-electron chi connectivity index (χ0n) is 22.4.